The van der Waals surface area contributed by atoms with E-state index in [1.54, 1.807) is 29.4 Å². The van der Waals surface area contributed by atoms with Gasteiger partial charge in [0, 0.05) is 18.9 Å². The van der Waals surface area contributed by atoms with Crippen molar-refractivity contribution in [3.63, 3.8) is 0 Å². The Hall–Kier alpha value is -3.19. The Kier molecular flexibility index (Phi) is 6.79. The van der Waals surface area contributed by atoms with Gasteiger partial charge in [-0.2, -0.15) is 4.98 Å². The van der Waals surface area contributed by atoms with Gasteiger partial charge in [-0.1, -0.05) is 24.4 Å². The van der Waals surface area contributed by atoms with Gasteiger partial charge in [0.2, 0.25) is 17.7 Å². The first-order valence-electron chi connectivity index (χ1n) is 10.8. The van der Waals surface area contributed by atoms with E-state index in [4.69, 9.17) is 16.2 Å². The lowest BCUT2D eigenvalue weighted by Crippen LogP contribution is -2.58. The molecule has 7 N–H and O–H groups in total. The number of nitrogen functional groups attached to an aromatic ring is 1. The molecule has 1 aliphatic rings. The molecule has 1 amide bonds. The van der Waals surface area contributed by atoms with E-state index in [1.165, 1.54) is 11.2 Å². The van der Waals surface area contributed by atoms with Crippen molar-refractivity contribution in [3.8, 4) is 0 Å². The molecule has 1 fully saturated rings. The highest BCUT2D eigenvalue weighted by Gasteiger charge is 2.51. The summed E-state index contributed by atoms with van der Waals surface area (Å²) < 4.78 is 7.67. The lowest BCUT2D eigenvalue weighted by Gasteiger charge is -2.34. The lowest BCUT2D eigenvalue weighted by molar-refractivity contribution is -0.742. The van der Waals surface area contributed by atoms with E-state index in [0.29, 0.717) is 17.6 Å². The summed E-state index contributed by atoms with van der Waals surface area (Å²) in [4.78, 5) is 30.4. The number of aromatic nitrogens is 5. The van der Waals surface area contributed by atoms with Gasteiger partial charge < -0.3 is 31.3 Å². The van der Waals surface area contributed by atoms with E-state index in [0.717, 1.165) is 12.0 Å². The topological polar surface area (TPSA) is 180 Å². The van der Waals surface area contributed by atoms with E-state index < -0.39 is 37.1 Å². The first-order chi connectivity index (χ1) is 16.0. The largest absolute Gasteiger partial charge is 0.394 e. The molecule has 3 aromatic heterocycles. The molecule has 3 unspecified atom stereocenters. The number of nitrogens with zero attached hydrogens (tertiary/aromatic N) is 5. The molecular weight excluding hydrogens is 428 g/mol. The number of aliphatic hydroxyl groups is 2. The number of carbonyl (C=O) groups is 1. The average molecular weight is 458 g/mol. The molecule has 12 heteroatoms. The van der Waals surface area contributed by atoms with Crippen molar-refractivity contribution < 1.29 is 24.3 Å². The molecule has 0 aliphatic carbocycles. The average Bonchev–Trinajstić information content (AvgIpc) is 3.39. The normalized spacial score (nSPS) is 23.6. The fourth-order valence-corrected chi connectivity index (χ4v) is 4.23. The maximum Gasteiger partial charge on any atom is 0.309 e. The number of amides is 1. The van der Waals surface area contributed by atoms with Crippen LogP contribution in [0.25, 0.3) is 11.2 Å². The lowest BCUT2D eigenvalue weighted by atomic mass is 10.0. The number of hydrogen-bond acceptors (Lipinski definition) is 9. The first kappa shape index (κ1) is 23.0. The van der Waals surface area contributed by atoms with Crippen molar-refractivity contribution in [2.75, 3.05) is 12.3 Å². The third kappa shape index (κ3) is 4.37. The summed E-state index contributed by atoms with van der Waals surface area (Å²) in [6.07, 6.45) is 4.48. The third-order valence-electron chi connectivity index (χ3n) is 5.88. The van der Waals surface area contributed by atoms with Gasteiger partial charge in [-0.15, -0.1) is 0 Å². The fraction of sp³-hybridized carbons (Fsp3) is 0.476. The molecule has 5 atom stereocenters. The number of nitrogens with one attached hydrogen (secondary N) is 1. The summed E-state index contributed by atoms with van der Waals surface area (Å²) >= 11 is 0. The van der Waals surface area contributed by atoms with Crippen molar-refractivity contribution >= 4 is 22.9 Å². The van der Waals surface area contributed by atoms with Crippen LogP contribution in [0, 0.1) is 0 Å². The molecule has 176 valence electrons. The summed E-state index contributed by atoms with van der Waals surface area (Å²) in [6, 6.07) is 2.00. The second kappa shape index (κ2) is 9.75. The van der Waals surface area contributed by atoms with E-state index in [9.17, 15) is 15.0 Å². The highest BCUT2D eigenvalue weighted by molar-refractivity contribution is 5.82. The molecule has 4 rings (SSSR count). The van der Waals surface area contributed by atoms with Gasteiger partial charge in [-0.25, -0.2) is 4.57 Å². The van der Waals surface area contributed by atoms with E-state index in [-0.39, 0.29) is 18.3 Å². The van der Waals surface area contributed by atoms with Gasteiger partial charge in [-0.3, -0.25) is 14.8 Å². The van der Waals surface area contributed by atoms with Crippen LogP contribution in [0.3, 0.4) is 0 Å². The molecule has 0 bridgehead atoms. The molecule has 0 radical (unpaired) electrons. The number of ether oxygens (including phenoxy) is 1. The number of anilines is 1. The van der Waals surface area contributed by atoms with Crippen LogP contribution in [-0.4, -0.2) is 71.9 Å². The van der Waals surface area contributed by atoms with E-state index >= 15 is 0 Å². The summed E-state index contributed by atoms with van der Waals surface area (Å²) in [6.45, 7) is 1.68. The minimum absolute atomic E-state index is 0.157. The van der Waals surface area contributed by atoms with Gasteiger partial charge >= 0.3 is 5.65 Å². The molecule has 12 nitrogen and oxygen atoms in total. The number of rotatable bonds is 8. The van der Waals surface area contributed by atoms with Gasteiger partial charge in [0.15, 0.2) is 18.5 Å². The number of nitrogens with two attached hydrogens (primary N) is 2. The summed E-state index contributed by atoms with van der Waals surface area (Å²) in [5, 5.41) is 21.0. The highest BCUT2D eigenvalue weighted by Crippen LogP contribution is 2.32. The number of H-pyrrole nitrogens is 1. The Morgan fingerprint density at radius 2 is 2.24 bits per heavy atom. The van der Waals surface area contributed by atoms with Crippen LogP contribution in [0.1, 0.15) is 31.6 Å². The van der Waals surface area contributed by atoms with Crippen LogP contribution in [-0.2, 0) is 16.1 Å². The first-order valence-corrected chi connectivity index (χ1v) is 10.8. The van der Waals surface area contributed by atoms with Crippen molar-refractivity contribution in [1.82, 2.24) is 24.8 Å². The Morgan fingerprint density at radius 3 is 2.94 bits per heavy atom. The van der Waals surface area contributed by atoms with Gasteiger partial charge in [0.25, 0.3) is 0 Å². The van der Waals surface area contributed by atoms with Crippen molar-refractivity contribution in [2.24, 2.45) is 5.73 Å². The van der Waals surface area contributed by atoms with Crippen LogP contribution < -0.4 is 16.0 Å². The molecule has 0 spiro atoms. The van der Waals surface area contributed by atoms with Crippen molar-refractivity contribution in [3.05, 3.63) is 42.7 Å². The standard InChI is InChI=1S/C21H28N8O4/c1-2-4-13(22)20(32)28(8-12-5-3-6-24-7-12)16-17(31)14(9-30)33-21(16)29-11-27-15-18(23)25-10-26-19(15)29/h3,5-7,10-11,13-14,16-17,21,30-31H,2,4,8-9,22H2,1H3,(H2,23,25,26)/p+1/t13?,14-,16?,17?,21-/m1/s1. The number of imidazole rings is 1. The van der Waals surface area contributed by atoms with E-state index in [1.807, 2.05) is 13.0 Å². The number of fused-ring (bicyclic) bond motifs is 1. The second-order valence-corrected chi connectivity index (χ2v) is 8.09. The molecule has 1 saturated heterocycles. The number of carbonyl (C=O) groups excluding carboxylic acids is 1. The zero-order valence-electron chi connectivity index (χ0n) is 18.3. The van der Waals surface area contributed by atoms with E-state index in [2.05, 4.69) is 19.9 Å². The molecule has 1 aliphatic heterocycles. The highest BCUT2D eigenvalue weighted by atomic mass is 16.5. The minimum atomic E-state index is -1.17. The molecule has 4 heterocycles. The molecule has 33 heavy (non-hydrogen) atoms. The molecule has 0 saturated carbocycles. The quantitative estimate of drug-likeness (QED) is 0.265. The van der Waals surface area contributed by atoms with Gasteiger partial charge in [0.05, 0.1) is 12.6 Å². The number of hydrogen-bond donors (Lipinski definition) is 5. The maximum absolute atomic E-state index is 13.5. The third-order valence-corrected chi connectivity index (χ3v) is 5.88. The fourth-order valence-electron chi connectivity index (χ4n) is 4.23. The molecule has 3 aromatic rings. The Labute approximate surface area is 190 Å². The smallest absolute Gasteiger partial charge is 0.309 e. The molecular formula is C21H29N8O4+. The number of aliphatic hydroxyl groups excluding tert-OH is 2. The summed E-state index contributed by atoms with van der Waals surface area (Å²) in [7, 11) is 0. The molecule has 0 aromatic carbocycles. The van der Waals surface area contributed by atoms with Crippen molar-refractivity contribution in [1.29, 1.82) is 0 Å². The van der Waals surface area contributed by atoms with Crippen molar-refractivity contribution in [2.45, 2.75) is 56.8 Å². The summed E-state index contributed by atoms with van der Waals surface area (Å²) in [5.74, 6) is -0.0765. The SMILES string of the molecule is CCCC(N)C(=O)N(Cc1cccnc1)C1C(O)[C@@H](CO)O[C@H]1[n+]1c[nH]c2c(N)ncnc21. The Bertz CT molecular complexity index is 1090. The van der Waals surface area contributed by atoms with Gasteiger partial charge in [0.1, 0.15) is 18.2 Å². The predicted octanol–water partition coefficient (Wildman–Crippen LogP) is -1.00. The Balaban J connectivity index is 1.78. The monoisotopic (exact) mass is 457 g/mol. The maximum atomic E-state index is 13.5. The number of pyridine rings is 1. The van der Waals surface area contributed by atoms with Crippen LogP contribution in [0.15, 0.2) is 37.2 Å². The second-order valence-electron chi connectivity index (χ2n) is 8.09. The zero-order chi connectivity index (χ0) is 23.5. The minimum Gasteiger partial charge on any atom is -0.394 e. The van der Waals surface area contributed by atoms with Crippen LogP contribution in [0.5, 0.6) is 0 Å². The summed E-state index contributed by atoms with van der Waals surface area (Å²) in [5.41, 5.74) is 13.9. The number of aromatic amines is 1. The van der Waals surface area contributed by atoms with Gasteiger partial charge in [-0.05, 0) is 18.1 Å². The zero-order valence-corrected chi connectivity index (χ0v) is 18.3. The van der Waals surface area contributed by atoms with Crippen LogP contribution >= 0.6 is 0 Å². The van der Waals surface area contributed by atoms with Crippen LogP contribution in [0.2, 0.25) is 0 Å². The van der Waals surface area contributed by atoms with Crippen LogP contribution in [0.4, 0.5) is 5.82 Å². The predicted molar refractivity (Wildman–Crippen MR) is 117 cm³/mol. The Morgan fingerprint density at radius 1 is 1.42 bits per heavy atom.